The summed E-state index contributed by atoms with van der Waals surface area (Å²) in [5.74, 6) is -0.266. The summed E-state index contributed by atoms with van der Waals surface area (Å²) >= 11 is 7.47. The third-order valence-electron chi connectivity index (χ3n) is 2.49. The molecule has 2 rings (SSSR count). The Morgan fingerprint density at radius 3 is 2.67 bits per heavy atom. The van der Waals surface area contributed by atoms with E-state index in [4.69, 9.17) is 17.3 Å². The third kappa shape index (κ3) is 3.25. The van der Waals surface area contributed by atoms with Gasteiger partial charge in [0.15, 0.2) is 0 Å². The van der Waals surface area contributed by atoms with E-state index in [-0.39, 0.29) is 11.9 Å². The predicted octanol–water partition coefficient (Wildman–Crippen LogP) is 4.65. The Morgan fingerprint density at radius 2 is 2.00 bits per heavy atom. The lowest BCUT2D eigenvalue weighted by molar-refractivity contribution is 0.619. The fourth-order valence-corrected chi connectivity index (χ4v) is 2.97. The summed E-state index contributed by atoms with van der Waals surface area (Å²) in [5, 5.41) is 0.685. The van der Waals surface area contributed by atoms with E-state index in [9.17, 15) is 4.39 Å². The van der Waals surface area contributed by atoms with E-state index in [2.05, 4.69) is 0 Å². The van der Waals surface area contributed by atoms with Gasteiger partial charge in [-0.25, -0.2) is 4.39 Å². The number of benzene rings is 2. The van der Waals surface area contributed by atoms with Crippen LogP contribution in [0.3, 0.4) is 0 Å². The van der Waals surface area contributed by atoms with Gasteiger partial charge in [-0.2, -0.15) is 0 Å². The first-order valence-corrected chi connectivity index (χ1v) is 6.74. The predicted molar refractivity (Wildman–Crippen MR) is 74.6 cm³/mol. The molecule has 1 nitrogen and oxygen atoms in total. The Labute approximate surface area is 115 Å². The van der Waals surface area contributed by atoms with Crippen molar-refractivity contribution < 1.29 is 4.39 Å². The van der Waals surface area contributed by atoms with Crippen molar-refractivity contribution in [2.45, 2.75) is 22.8 Å². The number of halogens is 2. The van der Waals surface area contributed by atoms with Crippen LogP contribution in [-0.4, -0.2) is 0 Å². The topological polar surface area (TPSA) is 26.0 Å². The quantitative estimate of drug-likeness (QED) is 0.886. The van der Waals surface area contributed by atoms with Crippen LogP contribution in [0.2, 0.25) is 5.02 Å². The summed E-state index contributed by atoms with van der Waals surface area (Å²) in [7, 11) is 0. The van der Waals surface area contributed by atoms with E-state index in [1.165, 1.54) is 23.9 Å². The lowest BCUT2D eigenvalue weighted by Gasteiger charge is -2.12. The van der Waals surface area contributed by atoms with Crippen LogP contribution in [0.4, 0.5) is 4.39 Å². The number of hydrogen-bond donors (Lipinski definition) is 1. The van der Waals surface area contributed by atoms with Crippen molar-refractivity contribution in [1.29, 1.82) is 0 Å². The second-order valence-electron chi connectivity index (χ2n) is 4.03. The minimum Gasteiger partial charge on any atom is -0.324 e. The molecule has 0 amide bonds. The van der Waals surface area contributed by atoms with Crippen LogP contribution in [0.1, 0.15) is 18.5 Å². The zero-order chi connectivity index (χ0) is 13.1. The third-order valence-corrected chi connectivity index (χ3v) is 3.80. The highest BCUT2D eigenvalue weighted by Crippen LogP contribution is 2.34. The van der Waals surface area contributed by atoms with E-state index < -0.39 is 0 Å². The van der Waals surface area contributed by atoms with Crippen LogP contribution < -0.4 is 5.73 Å². The van der Waals surface area contributed by atoms with E-state index >= 15 is 0 Å². The van der Waals surface area contributed by atoms with Crippen LogP contribution in [-0.2, 0) is 0 Å². The molecule has 0 bridgehead atoms. The molecule has 18 heavy (non-hydrogen) atoms. The minimum atomic E-state index is -0.266. The molecule has 0 unspecified atom stereocenters. The van der Waals surface area contributed by atoms with Gasteiger partial charge in [0.25, 0.3) is 0 Å². The first-order valence-electron chi connectivity index (χ1n) is 5.54. The summed E-state index contributed by atoms with van der Waals surface area (Å²) in [5.41, 5.74) is 6.67. The molecule has 0 aliphatic heterocycles. The van der Waals surface area contributed by atoms with Gasteiger partial charge in [-0.15, -0.1) is 0 Å². The maximum atomic E-state index is 13.2. The molecule has 0 spiro atoms. The van der Waals surface area contributed by atoms with Crippen molar-refractivity contribution >= 4 is 23.4 Å². The normalized spacial score (nSPS) is 12.4. The van der Waals surface area contributed by atoms with Crippen LogP contribution in [0.5, 0.6) is 0 Å². The standard InChI is InChI=1S/C14H13ClFNS/c1-9(17)13-8-11(16)5-6-14(13)18-12-4-2-3-10(15)7-12/h2-9H,17H2,1H3/t9-/m1/s1. The summed E-state index contributed by atoms with van der Waals surface area (Å²) < 4.78 is 13.2. The van der Waals surface area contributed by atoms with Gasteiger partial charge in [0.05, 0.1) is 0 Å². The van der Waals surface area contributed by atoms with Gasteiger partial charge in [-0.05, 0) is 48.9 Å². The monoisotopic (exact) mass is 281 g/mol. The van der Waals surface area contributed by atoms with Crippen LogP contribution in [0.25, 0.3) is 0 Å². The highest BCUT2D eigenvalue weighted by Gasteiger charge is 2.09. The van der Waals surface area contributed by atoms with Crippen molar-refractivity contribution in [3.05, 3.63) is 58.9 Å². The van der Waals surface area contributed by atoms with Gasteiger partial charge in [-0.3, -0.25) is 0 Å². The van der Waals surface area contributed by atoms with Crippen molar-refractivity contribution in [2.24, 2.45) is 5.73 Å². The Balaban J connectivity index is 2.34. The molecule has 2 N–H and O–H groups in total. The van der Waals surface area contributed by atoms with Crippen molar-refractivity contribution in [2.75, 3.05) is 0 Å². The van der Waals surface area contributed by atoms with E-state index in [0.717, 1.165) is 15.4 Å². The second kappa shape index (κ2) is 5.74. The van der Waals surface area contributed by atoms with Gasteiger partial charge in [0.1, 0.15) is 5.82 Å². The second-order valence-corrected chi connectivity index (χ2v) is 5.58. The summed E-state index contributed by atoms with van der Waals surface area (Å²) in [6.45, 7) is 1.84. The van der Waals surface area contributed by atoms with Gasteiger partial charge < -0.3 is 5.73 Å². The van der Waals surface area contributed by atoms with Gasteiger partial charge in [-0.1, -0.05) is 29.4 Å². The van der Waals surface area contributed by atoms with E-state index in [1.54, 1.807) is 6.07 Å². The zero-order valence-electron chi connectivity index (χ0n) is 9.86. The first-order chi connectivity index (χ1) is 8.56. The Hall–Kier alpha value is -1.03. The molecule has 0 aliphatic carbocycles. The summed E-state index contributed by atoms with van der Waals surface area (Å²) in [6, 6.07) is 12.0. The molecule has 0 aromatic heterocycles. The largest absolute Gasteiger partial charge is 0.324 e. The molecule has 0 saturated heterocycles. The molecule has 4 heteroatoms. The molecule has 0 saturated carbocycles. The van der Waals surface area contributed by atoms with E-state index in [0.29, 0.717) is 5.02 Å². The average Bonchev–Trinajstić information content (AvgIpc) is 2.31. The van der Waals surface area contributed by atoms with Crippen LogP contribution in [0.15, 0.2) is 52.3 Å². The maximum Gasteiger partial charge on any atom is 0.123 e. The van der Waals surface area contributed by atoms with Crippen LogP contribution >= 0.6 is 23.4 Å². The van der Waals surface area contributed by atoms with Gasteiger partial charge in [0.2, 0.25) is 0 Å². The SMILES string of the molecule is C[C@@H](N)c1cc(F)ccc1Sc1cccc(Cl)c1. The smallest absolute Gasteiger partial charge is 0.123 e. The molecule has 1 atom stereocenters. The fourth-order valence-electron chi connectivity index (χ4n) is 1.63. The van der Waals surface area contributed by atoms with Crippen molar-refractivity contribution in [3.63, 3.8) is 0 Å². The molecule has 2 aromatic rings. The molecule has 2 aromatic carbocycles. The number of hydrogen-bond acceptors (Lipinski definition) is 2. The molecule has 0 radical (unpaired) electrons. The highest BCUT2D eigenvalue weighted by atomic mass is 35.5. The zero-order valence-corrected chi connectivity index (χ0v) is 11.4. The van der Waals surface area contributed by atoms with Gasteiger partial charge in [0, 0.05) is 20.9 Å². The Kier molecular flexibility index (Phi) is 4.27. The molecule has 0 aliphatic rings. The van der Waals surface area contributed by atoms with Crippen LogP contribution in [0, 0.1) is 5.82 Å². The van der Waals surface area contributed by atoms with Crippen molar-refractivity contribution in [3.8, 4) is 0 Å². The Bertz CT molecular complexity index is 557. The molecular weight excluding hydrogens is 269 g/mol. The molecular formula is C14H13ClFNS. The lowest BCUT2D eigenvalue weighted by Crippen LogP contribution is -2.06. The minimum absolute atomic E-state index is 0.206. The summed E-state index contributed by atoms with van der Waals surface area (Å²) in [4.78, 5) is 1.96. The van der Waals surface area contributed by atoms with Crippen molar-refractivity contribution in [1.82, 2.24) is 0 Å². The Morgan fingerprint density at radius 1 is 1.22 bits per heavy atom. The first kappa shape index (κ1) is 13.4. The molecule has 94 valence electrons. The average molecular weight is 282 g/mol. The fraction of sp³-hybridized carbons (Fsp3) is 0.143. The highest BCUT2D eigenvalue weighted by molar-refractivity contribution is 7.99. The van der Waals surface area contributed by atoms with Gasteiger partial charge >= 0.3 is 0 Å². The maximum absolute atomic E-state index is 13.2. The number of nitrogens with two attached hydrogens (primary N) is 1. The molecule has 0 fully saturated rings. The van der Waals surface area contributed by atoms with E-state index in [1.807, 2.05) is 31.2 Å². The number of rotatable bonds is 3. The lowest BCUT2D eigenvalue weighted by atomic mass is 10.1. The molecule has 0 heterocycles. The summed E-state index contributed by atoms with van der Waals surface area (Å²) in [6.07, 6.45) is 0.